The Bertz CT molecular complexity index is 312. The Kier molecular flexibility index (Phi) is 1.10. The van der Waals surface area contributed by atoms with Crippen LogP contribution in [0.3, 0.4) is 0 Å². The molecule has 0 aromatic rings. The minimum Gasteiger partial charge on any atom is -0.365 e. The first-order valence-corrected chi connectivity index (χ1v) is 5.62. The largest absolute Gasteiger partial charge is 0.365 e. The van der Waals surface area contributed by atoms with Crippen LogP contribution in [0.5, 0.6) is 0 Å². The Balaban J connectivity index is 1.90. The number of fused-ring (bicyclic) bond motifs is 2. The average Bonchev–Trinajstić information content (AvgIpc) is 2.62. The number of aliphatic hydroxyl groups is 1. The van der Waals surface area contributed by atoms with E-state index in [9.17, 15) is 5.11 Å². The summed E-state index contributed by atoms with van der Waals surface area (Å²) in [6, 6.07) is 0. The lowest BCUT2D eigenvalue weighted by Gasteiger charge is -2.33. The highest BCUT2D eigenvalue weighted by Gasteiger charge is 2.75. The molecule has 4 fully saturated rings. The van der Waals surface area contributed by atoms with Gasteiger partial charge in [0.15, 0.2) is 11.6 Å². The molecule has 4 rings (SSSR count). The van der Waals surface area contributed by atoms with Gasteiger partial charge in [-0.05, 0) is 38.5 Å². The van der Waals surface area contributed by atoms with Crippen molar-refractivity contribution in [3.05, 3.63) is 0 Å². The molecule has 0 spiro atoms. The molecule has 4 aliphatic rings. The summed E-state index contributed by atoms with van der Waals surface area (Å²) in [5.41, 5.74) is 0. The SMILES string of the molecule is C[C@@]12O[C@@H]3C[C@H]4C[C@@H]3[C@@H]1[C@@H]4[C@@](C)(O)O2. The van der Waals surface area contributed by atoms with Gasteiger partial charge in [0, 0.05) is 11.8 Å². The highest BCUT2D eigenvalue weighted by atomic mass is 16.8. The molecule has 3 nitrogen and oxygen atoms in total. The van der Waals surface area contributed by atoms with Gasteiger partial charge in [0.2, 0.25) is 0 Å². The third-order valence-corrected chi connectivity index (χ3v) is 4.96. The van der Waals surface area contributed by atoms with E-state index in [1.54, 1.807) is 6.92 Å². The summed E-state index contributed by atoms with van der Waals surface area (Å²) < 4.78 is 11.7. The molecule has 0 aromatic carbocycles. The van der Waals surface area contributed by atoms with Crippen molar-refractivity contribution in [1.29, 1.82) is 0 Å². The van der Waals surface area contributed by atoms with Gasteiger partial charge in [0.05, 0.1) is 6.10 Å². The summed E-state index contributed by atoms with van der Waals surface area (Å²) in [6.45, 7) is 3.81. The molecule has 78 valence electrons. The van der Waals surface area contributed by atoms with Crippen LogP contribution in [-0.2, 0) is 9.47 Å². The Labute approximate surface area is 83.4 Å². The van der Waals surface area contributed by atoms with E-state index >= 15 is 0 Å². The molecule has 1 N–H and O–H groups in total. The van der Waals surface area contributed by atoms with E-state index in [0.29, 0.717) is 29.8 Å². The number of ether oxygens (including phenoxy) is 2. The molecule has 0 radical (unpaired) electrons. The standard InChI is InChI=1S/C11H16O3/c1-10(12)8-5-3-6-7(4-5)13-11(2,14-10)9(6)8/h5-9,12H,3-4H2,1-2H3/t5-,6+,7-,8-,9-,10+,11+/m1/s1. The summed E-state index contributed by atoms with van der Waals surface area (Å²) in [5.74, 6) is 0.606. The van der Waals surface area contributed by atoms with Gasteiger partial charge in [-0.15, -0.1) is 0 Å². The molecule has 2 aliphatic carbocycles. The van der Waals surface area contributed by atoms with E-state index in [2.05, 4.69) is 0 Å². The van der Waals surface area contributed by atoms with Gasteiger partial charge in [0.1, 0.15) is 0 Å². The monoisotopic (exact) mass is 196 g/mol. The maximum atomic E-state index is 10.2. The van der Waals surface area contributed by atoms with Crippen LogP contribution in [0.4, 0.5) is 0 Å². The van der Waals surface area contributed by atoms with Crippen molar-refractivity contribution in [3.63, 3.8) is 0 Å². The van der Waals surface area contributed by atoms with Gasteiger partial charge in [-0.25, -0.2) is 0 Å². The Morgan fingerprint density at radius 2 is 2.00 bits per heavy atom. The molecule has 0 unspecified atom stereocenters. The van der Waals surface area contributed by atoms with Gasteiger partial charge in [-0.2, -0.15) is 0 Å². The first-order chi connectivity index (χ1) is 6.51. The van der Waals surface area contributed by atoms with Crippen LogP contribution in [0, 0.1) is 23.7 Å². The lowest BCUT2D eigenvalue weighted by molar-refractivity contribution is -0.308. The van der Waals surface area contributed by atoms with Crippen molar-refractivity contribution in [2.24, 2.45) is 23.7 Å². The fourth-order valence-corrected chi connectivity index (χ4v) is 4.87. The normalized spacial score (nSPS) is 73.5. The summed E-state index contributed by atoms with van der Waals surface area (Å²) in [6.07, 6.45) is 2.80. The fraction of sp³-hybridized carbons (Fsp3) is 1.00. The molecule has 2 aliphatic heterocycles. The van der Waals surface area contributed by atoms with Crippen LogP contribution in [-0.4, -0.2) is 22.8 Å². The zero-order valence-electron chi connectivity index (χ0n) is 8.56. The quantitative estimate of drug-likeness (QED) is 0.631. The Morgan fingerprint density at radius 3 is 2.79 bits per heavy atom. The molecule has 3 heteroatoms. The molecule has 0 amide bonds. The molecule has 7 atom stereocenters. The Hall–Kier alpha value is -0.120. The molecule has 2 saturated heterocycles. The van der Waals surface area contributed by atoms with Crippen LogP contribution >= 0.6 is 0 Å². The van der Waals surface area contributed by atoms with Crippen molar-refractivity contribution in [3.8, 4) is 0 Å². The van der Waals surface area contributed by atoms with Gasteiger partial charge < -0.3 is 14.6 Å². The molecule has 2 saturated carbocycles. The van der Waals surface area contributed by atoms with Crippen molar-refractivity contribution in [1.82, 2.24) is 0 Å². The van der Waals surface area contributed by atoms with Crippen LogP contribution in [0.15, 0.2) is 0 Å². The van der Waals surface area contributed by atoms with Gasteiger partial charge in [-0.1, -0.05) is 0 Å². The highest BCUT2D eigenvalue weighted by molar-refractivity contribution is 5.16. The summed E-state index contributed by atoms with van der Waals surface area (Å²) in [4.78, 5) is 0. The van der Waals surface area contributed by atoms with Crippen molar-refractivity contribution < 1.29 is 14.6 Å². The maximum absolute atomic E-state index is 10.2. The predicted molar refractivity (Wildman–Crippen MR) is 48.2 cm³/mol. The summed E-state index contributed by atoms with van der Waals surface area (Å²) in [7, 11) is 0. The second kappa shape index (κ2) is 1.91. The minimum atomic E-state index is -0.954. The highest BCUT2D eigenvalue weighted by Crippen LogP contribution is 2.69. The number of rotatable bonds is 0. The van der Waals surface area contributed by atoms with E-state index < -0.39 is 11.6 Å². The lowest BCUT2D eigenvalue weighted by Crippen LogP contribution is -2.40. The van der Waals surface area contributed by atoms with Crippen molar-refractivity contribution in [2.75, 3.05) is 0 Å². The minimum absolute atomic E-state index is 0.316. The summed E-state index contributed by atoms with van der Waals surface area (Å²) in [5, 5.41) is 10.2. The lowest BCUT2D eigenvalue weighted by atomic mass is 9.75. The maximum Gasteiger partial charge on any atom is 0.172 e. The second-order valence-electron chi connectivity index (χ2n) is 5.78. The van der Waals surface area contributed by atoms with Gasteiger partial charge in [-0.3, -0.25) is 0 Å². The van der Waals surface area contributed by atoms with Crippen LogP contribution in [0.1, 0.15) is 26.7 Å². The van der Waals surface area contributed by atoms with Crippen molar-refractivity contribution in [2.45, 2.75) is 44.4 Å². The zero-order valence-corrected chi connectivity index (χ0v) is 8.56. The molecule has 0 aromatic heterocycles. The van der Waals surface area contributed by atoms with Gasteiger partial charge >= 0.3 is 0 Å². The van der Waals surface area contributed by atoms with E-state index in [4.69, 9.17) is 9.47 Å². The summed E-state index contributed by atoms with van der Waals surface area (Å²) >= 11 is 0. The van der Waals surface area contributed by atoms with Gasteiger partial charge in [0.25, 0.3) is 0 Å². The van der Waals surface area contributed by atoms with Crippen molar-refractivity contribution >= 4 is 0 Å². The van der Waals surface area contributed by atoms with Crippen LogP contribution < -0.4 is 0 Å². The van der Waals surface area contributed by atoms with E-state index in [1.165, 1.54) is 6.42 Å². The van der Waals surface area contributed by atoms with E-state index in [0.717, 1.165) is 6.42 Å². The fourth-order valence-electron chi connectivity index (χ4n) is 4.87. The number of hydrogen-bond acceptors (Lipinski definition) is 3. The average molecular weight is 196 g/mol. The van der Waals surface area contributed by atoms with E-state index in [-0.39, 0.29) is 0 Å². The first-order valence-electron chi connectivity index (χ1n) is 5.62. The predicted octanol–water partition coefficient (Wildman–Crippen LogP) is 1.11. The number of hydrogen-bond donors (Lipinski definition) is 1. The topological polar surface area (TPSA) is 38.7 Å². The third kappa shape index (κ3) is 0.640. The molecule has 2 heterocycles. The first kappa shape index (κ1) is 8.08. The third-order valence-electron chi connectivity index (χ3n) is 4.96. The van der Waals surface area contributed by atoms with E-state index in [1.807, 2.05) is 6.92 Å². The molecular weight excluding hydrogens is 180 g/mol. The Morgan fingerprint density at radius 1 is 1.21 bits per heavy atom. The zero-order chi connectivity index (χ0) is 9.72. The van der Waals surface area contributed by atoms with Crippen LogP contribution in [0.25, 0.3) is 0 Å². The smallest absolute Gasteiger partial charge is 0.172 e. The molecule has 2 bridgehead atoms. The second-order valence-corrected chi connectivity index (χ2v) is 5.78. The van der Waals surface area contributed by atoms with Crippen LogP contribution in [0.2, 0.25) is 0 Å². The molecular formula is C11H16O3. The molecule has 14 heavy (non-hydrogen) atoms.